The smallest absolute Gasteiger partial charge is 0.0678 e. The van der Waals surface area contributed by atoms with E-state index in [2.05, 4.69) is 24.1 Å². The van der Waals surface area contributed by atoms with E-state index in [1.807, 2.05) is 0 Å². The Morgan fingerprint density at radius 3 is 2.44 bits per heavy atom. The minimum absolute atomic E-state index is 0.410. The van der Waals surface area contributed by atoms with Crippen molar-refractivity contribution >= 4 is 0 Å². The Kier molecular flexibility index (Phi) is 4.62. The first-order valence-electron chi connectivity index (χ1n) is 6.85. The van der Waals surface area contributed by atoms with E-state index in [4.69, 9.17) is 4.74 Å². The van der Waals surface area contributed by atoms with Gasteiger partial charge < -0.3 is 10.1 Å². The van der Waals surface area contributed by atoms with E-state index in [9.17, 15) is 0 Å². The molecule has 1 heterocycles. The molecule has 0 spiro atoms. The Bertz CT molecular complexity index is 196. The largest absolute Gasteiger partial charge is 0.373 e. The molecule has 0 radical (unpaired) electrons. The molecule has 1 aliphatic heterocycles. The van der Waals surface area contributed by atoms with Gasteiger partial charge in [-0.2, -0.15) is 0 Å². The van der Waals surface area contributed by atoms with Gasteiger partial charge in [-0.15, -0.1) is 0 Å². The van der Waals surface area contributed by atoms with Crippen LogP contribution in [0, 0.1) is 0 Å². The van der Waals surface area contributed by atoms with Crippen molar-refractivity contribution in [2.45, 2.75) is 57.8 Å². The Morgan fingerprint density at radius 1 is 1.12 bits per heavy atom. The van der Waals surface area contributed by atoms with Gasteiger partial charge in [0, 0.05) is 19.1 Å². The average Bonchev–Trinajstić information content (AvgIpc) is 2.99. The Balaban J connectivity index is 1.50. The molecule has 1 saturated carbocycles. The molecule has 0 bridgehead atoms. The Morgan fingerprint density at radius 2 is 1.81 bits per heavy atom. The molecule has 1 N–H and O–H groups in total. The summed E-state index contributed by atoms with van der Waals surface area (Å²) >= 11 is 0. The van der Waals surface area contributed by atoms with Crippen LogP contribution in [0.15, 0.2) is 0 Å². The van der Waals surface area contributed by atoms with E-state index in [0.29, 0.717) is 12.2 Å². The van der Waals surface area contributed by atoms with Crippen molar-refractivity contribution < 1.29 is 4.74 Å². The lowest BCUT2D eigenvalue weighted by molar-refractivity contribution is -0.0681. The van der Waals surface area contributed by atoms with Crippen LogP contribution in [0.2, 0.25) is 0 Å². The molecule has 3 heteroatoms. The van der Waals surface area contributed by atoms with E-state index >= 15 is 0 Å². The number of ether oxygens (including phenoxy) is 1. The summed E-state index contributed by atoms with van der Waals surface area (Å²) in [5, 5.41) is 3.57. The SMILES string of the molecule is CC1CN(CCCCNC2CC2)CC(C)O1. The van der Waals surface area contributed by atoms with Crippen molar-refractivity contribution in [3.8, 4) is 0 Å². The number of unbranched alkanes of at least 4 members (excludes halogenated alkanes) is 1. The third-order valence-electron chi connectivity index (χ3n) is 3.41. The maximum absolute atomic E-state index is 5.73. The maximum Gasteiger partial charge on any atom is 0.0678 e. The first-order valence-corrected chi connectivity index (χ1v) is 6.85. The molecule has 2 unspecified atom stereocenters. The third kappa shape index (κ3) is 4.40. The van der Waals surface area contributed by atoms with Gasteiger partial charge in [-0.25, -0.2) is 0 Å². The number of morpholine rings is 1. The molecule has 2 atom stereocenters. The zero-order valence-corrected chi connectivity index (χ0v) is 10.7. The van der Waals surface area contributed by atoms with Gasteiger partial charge in [-0.05, 0) is 52.6 Å². The molecule has 3 nitrogen and oxygen atoms in total. The van der Waals surface area contributed by atoms with Gasteiger partial charge in [0.2, 0.25) is 0 Å². The van der Waals surface area contributed by atoms with Crippen LogP contribution in [0.4, 0.5) is 0 Å². The summed E-state index contributed by atoms with van der Waals surface area (Å²) < 4.78 is 5.73. The first kappa shape index (κ1) is 12.3. The quantitative estimate of drug-likeness (QED) is 0.697. The van der Waals surface area contributed by atoms with Gasteiger partial charge in [0.25, 0.3) is 0 Å². The van der Waals surface area contributed by atoms with E-state index in [-0.39, 0.29) is 0 Å². The summed E-state index contributed by atoms with van der Waals surface area (Å²) in [7, 11) is 0. The lowest BCUT2D eigenvalue weighted by atomic mass is 10.2. The number of hydrogen-bond acceptors (Lipinski definition) is 3. The molecule has 2 aliphatic rings. The van der Waals surface area contributed by atoms with Crippen molar-refractivity contribution in [2.24, 2.45) is 0 Å². The van der Waals surface area contributed by atoms with Crippen LogP contribution in [0.25, 0.3) is 0 Å². The summed E-state index contributed by atoms with van der Waals surface area (Å²) in [4.78, 5) is 2.55. The van der Waals surface area contributed by atoms with Crippen molar-refractivity contribution in [3.63, 3.8) is 0 Å². The predicted octanol–water partition coefficient (Wildman–Crippen LogP) is 1.63. The molecular formula is C13H26N2O. The minimum atomic E-state index is 0.410. The van der Waals surface area contributed by atoms with Crippen LogP contribution < -0.4 is 5.32 Å². The molecule has 0 amide bonds. The zero-order valence-electron chi connectivity index (χ0n) is 10.7. The fourth-order valence-corrected chi connectivity index (χ4v) is 2.52. The summed E-state index contributed by atoms with van der Waals surface area (Å²) in [5.41, 5.74) is 0. The normalized spacial score (nSPS) is 31.9. The molecule has 0 aromatic heterocycles. The second-order valence-electron chi connectivity index (χ2n) is 5.45. The minimum Gasteiger partial charge on any atom is -0.373 e. The number of nitrogens with one attached hydrogen (secondary N) is 1. The Hall–Kier alpha value is -0.120. The molecule has 0 aromatic carbocycles. The van der Waals surface area contributed by atoms with Crippen molar-refractivity contribution in [1.82, 2.24) is 10.2 Å². The molecule has 1 saturated heterocycles. The zero-order chi connectivity index (χ0) is 11.4. The predicted molar refractivity (Wildman–Crippen MR) is 66.7 cm³/mol. The summed E-state index contributed by atoms with van der Waals surface area (Å²) in [6.45, 7) is 9.03. The molecule has 2 rings (SSSR count). The summed E-state index contributed by atoms with van der Waals surface area (Å²) in [6, 6.07) is 0.864. The summed E-state index contributed by atoms with van der Waals surface area (Å²) in [6.07, 6.45) is 6.26. The fraction of sp³-hybridized carbons (Fsp3) is 1.00. The third-order valence-corrected chi connectivity index (χ3v) is 3.41. The molecule has 16 heavy (non-hydrogen) atoms. The van der Waals surface area contributed by atoms with Crippen LogP contribution in [-0.2, 0) is 4.74 Å². The molecule has 1 aliphatic carbocycles. The van der Waals surface area contributed by atoms with Crippen LogP contribution in [-0.4, -0.2) is 49.3 Å². The first-order chi connectivity index (χ1) is 7.74. The molecule has 94 valence electrons. The molecular weight excluding hydrogens is 200 g/mol. The van der Waals surface area contributed by atoms with Gasteiger partial charge in [0.05, 0.1) is 12.2 Å². The highest BCUT2D eigenvalue weighted by Crippen LogP contribution is 2.18. The average molecular weight is 226 g/mol. The molecule has 2 fully saturated rings. The van der Waals surface area contributed by atoms with Gasteiger partial charge in [-0.1, -0.05) is 0 Å². The second kappa shape index (κ2) is 5.99. The van der Waals surface area contributed by atoms with Gasteiger partial charge in [-0.3, -0.25) is 4.90 Å². The van der Waals surface area contributed by atoms with Gasteiger partial charge >= 0.3 is 0 Å². The van der Waals surface area contributed by atoms with E-state index in [1.165, 1.54) is 38.8 Å². The molecule has 0 aromatic rings. The van der Waals surface area contributed by atoms with Crippen molar-refractivity contribution in [3.05, 3.63) is 0 Å². The van der Waals surface area contributed by atoms with Crippen LogP contribution >= 0.6 is 0 Å². The van der Waals surface area contributed by atoms with Gasteiger partial charge in [0.1, 0.15) is 0 Å². The van der Waals surface area contributed by atoms with Gasteiger partial charge in [0.15, 0.2) is 0 Å². The van der Waals surface area contributed by atoms with E-state index < -0.39 is 0 Å². The number of hydrogen-bond donors (Lipinski definition) is 1. The highest BCUT2D eigenvalue weighted by molar-refractivity contribution is 4.80. The lowest BCUT2D eigenvalue weighted by Crippen LogP contribution is -2.45. The fourth-order valence-electron chi connectivity index (χ4n) is 2.52. The second-order valence-corrected chi connectivity index (χ2v) is 5.45. The standard InChI is InChI=1S/C13H26N2O/c1-11-9-15(10-12(2)16-11)8-4-3-7-14-13-5-6-13/h11-14H,3-10H2,1-2H3. The van der Waals surface area contributed by atoms with Crippen LogP contribution in [0.1, 0.15) is 39.5 Å². The van der Waals surface area contributed by atoms with E-state index in [1.54, 1.807) is 0 Å². The van der Waals surface area contributed by atoms with Crippen LogP contribution in [0.5, 0.6) is 0 Å². The number of rotatable bonds is 6. The maximum atomic E-state index is 5.73. The highest BCUT2D eigenvalue weighted by Gasteiger charge is 2.22. The summed E-state index contributed by atoms with van der Waals surface area (Å²) in [5.74, 6) is 0. The monoisotopic (exact) mass is 226 g/mol. The van der Waals surface area contributed by atoms with Crippen molar-refractivity contribution in [2.75, 3.05) is 26.2 Å². The topological polar surface area (TPSA) is 24.5 Å². The highest BCUT2D eigenvalue weighted by atomic mass is 16.5. The Labute approximate surface area is 99.5 Å². The lowest BCUT2D eigenvalue weighted by Gasteiger charge is -2.35. The van der Waals surface area contributed by atoms with E-state index in [0.717, 1.165) is 19.1 Å². The van der Waals surface area contributed by atoms with Crippen molar-refractivity contribution in [1.29, 1.82) is 0 Å². The number of nitrogens with zero attached hydrogens (tertiary/aromatic N) is 1. The van der Waals surface area contributed by atoms with Crippen LogP contribution in [0.3, 0.4) is 0 Å².